The highest BCUT2D eigenvalue weighted by Crippen LogP contribution is 2.40. The molecule has 0 unspecified atom stereocenters. The van der Waals surface area contributed by atoms with Crippen LogP contribution < -0.4 is 5.43 Å². The molecule has 1 aromatic heterocycles. The van der Waals surface area contributed by atoms with Crippen LogP contribution in [0, 0.1) is 19.7 Å². The molecule has 0 saturated carbocycles. The van der Waals surface area contributed by atoms with Crippen LogP contribution in [0.4, 0.5) is 4.39 Å². The third kappa shape index (κ3) is 6.23. The minimum absolute atomic E-state index is 0.179. The number of nitrogens with one attached hydrogen (secondary N) is 1. The molecule has 0 radical (unpaired) electrons. The molecule has 5 nitrogen and oxygen atoms in total. The van der Waals surface area contributed by atoms with Crippen molar-refractivity contribution in [1.82, 2.24) is 9.99 Å². The number of hydrogen-bond donors (Lipinski definition) is 2. The fourth-order valence-corrected chi connectivity index (χ4v) is 4.38. The molecule has 1 amide bonds. The average molecular weight is 492 g/mol. The number of phenols is 1. The van der Waals surface area contributed by atoms with Gasteiger partial charge in [0.05, 0.1) is 6.21 Å². The number of aromatic hydroxyl groups is 1. The van der Waals surface area contributed by atoms with E-state index in [0.29, 0.717) is 12.2 Å². The van der Waals surface area contributed by atoms with E-state index in [1.54, 1.807) is 18.3 Å². The minimum Gasteiger partial charge on any atom is -0.507 e. The van der Waals surface area contributed by atoms with Crippen molar-refractivity contribution in [2.24, 2.45) is 5.10 Å². The number of phenolic OH excluding ortho intramolecular Hbond substituents is 1. The zero-order valence-corrected chi connectivity index (χ0v) is 22.7. The van der Waals surface area contributed by atoms with Crippen molar-refractivity contribution in [1.29, 1.82) is 0 Å². The van der Waals surface area contributed by atoms with Gasteiger partial charge in [0.2, 0.25) is 5.91 Å². The van der Waals surface area contributed by atoms with E-state index in [1.807, 2.05) is 36.6 Å². The van der Waals surface area contributed by atoms with Crippen LogP contribution in [0.3, 0.4) is 0 Å². The lowest BCUT2D eigenvalue weighted by molar-refractivity contribution is -0.121. The Labute approximate surface area is 214 Å². The maximum absolute atomic E-state index is 13.3. The Morgan fingerprint density at radius 1 is 1.00 bits per heavy atom. The van der Waals surface area contributed by atoms with Gasteiger partial charge < -0.3 is 9.67 Å². The predicted molar refractivity (Wildman–Crippen MR) is 145 cm³/mol. The molecule has 0 bridgehead atoms. The third-order valence-electron chi connectivity index (χ3n) is 6.37. The maximum atomic E-state index is 13.3. The van der Waals surface area contributed by atoms with Gasteiger partial charge in [0.25, 0.3) is 0 Å². The van der Waals surface area contributed by atoms with Gasteiger partial charge in [-0.1, -0.05) is 53.7 Å². The highest BCUT2D eigenvalue weighted by Gasteiger charge is 2.26. The minimum atomic E-state index is -0.276. The fraction of sp³-hybridized carbons (Fsp3) is 0.400. The number of halogens is 1. The van der Waals surface area contributed by atoms with Crippen LogP contribution in [0.25, 0.3) is 5.69 Å². The molecule has 0 fully saturated rings. The van der Waals surface area contributed by atoms with E-state index < -0.39 is 0 Å². The molecule has 36 heavy (non-hydrogen) atoms. The van der Waals surface area contributed by atoms with Crippen LogP contribution >= 0.6 is 0 Å². The van der Waals surface area contributed by atoms with Crippen molar-refractivity contribution in [3.8, 4) is 11.4 Å². The first kappa shape index (κ1) is 27.2. The van der Waals surface area contributed by atoms with E-state index in [0.717, 1.165) is 39.3 Å². The second-order valence-corrected chi connectivity index (χ2v) is 11.5. The van der Waals surface area contributed by atoms with Gasteiger partial charge in [-0.25, -0.2) is 9.82 Å². The van der Waals surface area contributed by atoms with E-state index in [9.17, 15) is 14.3 Å². The third-order valence-corrected chi connectivity index (χ3v) is 6.37. The number of carbonyl (C=O) groups excluding carboxylic acids is 1. The zero-order valence-electron chi connectivity index (χ0n) is 22.7. The molecule has 6 heteroatoms. The molecule has 2 N–H and O–H groups in total. The van der Waals surface area contributed by atoms with Crippen LogP contribution in [0.15, 0.2) is 47.6 Å². The number of carbonyl (C=O) groups is 1. The molecule has 0 aliphatic heterocycles. The van der Waals surface area contributed by atoms with Crippen molar-refractivity contribution in [3.63, 3.8) is 0 Å². The second kappa shape index (κ2) is 10.3. The first-order valence-corrected chi connectivity index (χ1v) is 12.3. The standard InChI is InChI=1S/C30H38FN3O2/c1-19-15-22(20(2)34(19)24-12-10-23(31)11-13-24)18-32-33-27(35)14-9-21-16-25(29(3,4)5)28(36)26(17-21)30(6,7)8/h10-13,15-18,36H,9,14H2,1-8H3,(H,33,35)/b32-18+. The molecule has 3 aromatic rings. The number of rotatable bonds is 6. The first-order valence-electron chi connectivity index (χ1n) is 12.3. The SMILES string of the molecule is Cc1cc(/C=N/NC(=O)CCc2cc(C(C)(C)C)c(O)c(C(C)(C)C)c2)c(C)n1-c1ccc(F)cc1. The predicted octanol–water partition coefficient (Wildman–Crippen LogP) is 6.62. The molecule has 0 spiro atoms. The number of hydrogen-bond acceptors (Lipinski definition) is 3. The summed E-state index contributed by atoms with van der Waals surface area (Å²) in [5.74, 6) is -0.116. The zero-order chi connectivity index (χ0) is 26.8. The van der Waals surface area contributed by atoms with Gasteiger partial charge in [-0.05, 0) is 78.1 Å². The Bertz CT molecular complexity index is 1240. The summed E-state index contributed by atoms with van der Waals surface area (Å²) in [7, 11) is 0. The van der Waals surface area contributed by atoms with Crippen molar-refractivity contribution in [3.05, 3.63) is 81.9 Å². The van der Waals surface area contributed by atoms with E-state index in [2.05, 4.69) is 52.1 Å². The summed E-state index contributed by atoms with van der Waals surface area (Å²) >= 11 is 0. The van der Waals surface area contributed by atoms with Crippen LogP contribution in [0.5, 0.6) is 5.75 Å². The maximum Gasteiger partial charge on any atom is 0.240 e. The van der Waals surface area contributed by atoms with Crippen LogP contribution in [-0.4, -0.2) is 21.8 Å². The topological polar surface area (TPSA) is 66.6 Å². The lowest BCUT2D eigenvalue weighted by Crippen LogP contribution is -2.20. The molecular formula is C30H38FN3O2. The normalized spacial score (nSPS) is 12.4. The Morgan fingerprint density at radius 2 is 1.56 bits per heavy atom. The summed E-state index contributed by atoms with van der Waals surface area (Å²) in [6.45, 7) is 16.4. The lowest BCUT2D eigenvalue weighted by Gasteiger charge is -2.28. The number of nitrogens with zero attached hydrogens (tertiary/aromatic N) is 2. The number of aromatic nitrogens is 1. The summed E-state index contributed by atoms with van der Waals surface area (Å²) in [6.07, 6.45) is 2.47. The summed E-state index contributed by atoms with van der Waals surface area (Å²) in [5.41, 5.74) is 8.68. The highest BCUT2D eigenvalue weighted by atomic mass is 19.1. The molecule has 192 valence electrons. The first-order chi connectivity index (χ1) is 16.7. The average Bonchev–Trinajstić information content (AvgIpc) is 3.05. The Kier molecular flexibility index (Phi) is 7.77. The van der Waals surface area contributed by atoms with E-state index in [4.69, 9.17) is 0 Å². The fourth-order valence-electron chi connectivity index (χ4n) is 4.38. The van der Waals surface area contributed by atoms with Crippen molar-refractivity contribution >= 4 is 12.1 Å². The Morgan fingerprint density at radius 3 is 2.08 bits per heavy atom. The van der Waals surface area contributed by atoms with Gasteiger partial charge in [-0.15, -0.1) is 0 Å². The van der Waals surface area contributed by atoms with Crippen molar-refractivity contribution in [2.45, 2.75) is 79.1 Å². The lowest BCUT2D eigenvalue weighted by atomic mass is 9.78. The Balaban J connectivity index is 1.70. The molecule has 3 rings (SSSR count). The van der Waals surface area contributed by atoms with Gasteiger partial charge in [-0.3, -0.25) is 4.79 Å². The van der Waals surface area contributed by atoms with Crippen LogP contribution in [0.2, 0.25) is 0 Å². The molecule has 0 aliphatic carbocycles. The van der Waals surface area contributed by atoms with Gasteiger partial charge in [0.15, 0.2) is 0 Å². The van der Waals surface area contributed by atoms with Crippen molar-refractivity contribution in [2.75, 3.05) is 0 Å². The molecule has 0 saturated heterocycles. The second-order valence-electron chi connectivity index (χ2n) is 11.5. The molecular weight excluding hydrogens is 453 g/mol. The monoisotopic (exact) mass is 491 g/mol. The van der Waals surface area contributed by atoms with E-state index >= 15 is 0 Å². The van der Waals surface area contributed by atoms with Gasteiger partial charge in [0, 0.05) is 29.1 Å². The summed E-state index contributed by atoms with van der Waals surface area (Å²) in [5, 5.41) is 15.1. The summed E-state index contributed by atoms with van der Waals surface area (Å²) < 4.78 is 15.3. The van der Waals surface area contributed by atoms with Gasteiger partial charge in [0.1, 0.15) is 11.6 Å². The molecule has 0 atom stereocenters. The van der Waals surface area contributed by atoms with Crippen LogP contribution in [0.1, 0.15) is 81.6 Å². The molecule has 1 heterocycles. The van der Waals surface area contributed by atoms with E-state index in [1.165, 1.54) is 12.1 Å². The van der Waals surface area contributed by atoms with Crippen molar-refractivity contribution < 1.29 is 14.3 Å². The molecule has 2 aromatic carbocycles. The summed E-state index contributed by atoms with van der Waals surface area (Å²) in [4.78, 5) is 12.5. The molecule has 0 aliphatic rings. The van der Waals surface area contributed by atoms with Crippen LogP contribution in [-0.2, 0) is 22.0 Å². The van der Waals surface area contributed by atoms with Gasteiger partial charge >= 0.3 is 0 Å². The largest absolute Gasteiger partial charge is 0.507 e. The quantitative estimate of drug-likeness (QED) is 0.301. The number of aryl methyl sites for hydroxylation is 2. The summed E-state index contributed by atoms with van der Waals surface area (Å²) in [6, 6.07) is 12.3. The van der Waals surface area contributed by atoms with E-state index in [-0.39, 0.29) is 29.0 Å². The van der Waals surface area contributed by atoms with Gasteiger partial charge in [-0.2, -0.15) is 5.10 Å². The number of benzene rings is 2. The highest BCUT2D eigenvalue weighted by molar-refractivity contribution is 5.84. The Hall–Kier alpha value is -3.41. The smallest absolute Gasteiger partial charge is 0.240 e. The number of amides is 1. The number of hydrazone groups is 1.